The molecule has 118 valence electrons. The van der Waals surface area contributed by atoms with Crippen molar-refractivity contribution in [2.75, 3.05) is 25.9 Å². The third-order valence-electron chi connectivity index (χ3n) is 4.20. The molecule has 0 radical (unpaired) electrons. The molecule has 1 saturated heterocycles. The lowest BCUT2D eigenvalue weighted by atomic mass is 9.95. The fourth-order valence-corrected chi connectivity index (χ4v) is 3.22. The van der Waals surface area contributed by atoms with Crippen LogP contribution >= 0.6 is 0 Å². The van der Waals surface area contributed by atoms with Crippen molar-refractivity contribution in [2.24, 2.45) is 5.92 Å². The molecular formula is C13H26N2O4S. The molecule has 1 heterocycles. The summed E-state index contributed by atoms with van der Waals surface area (Å²) in [5.41, 5.74) is -0.844. The minimum atomic E-state index is -3.16. The summed E-state index contributed by atoms with van der Waals surface area (Å²) in [5.74, 6) is -0.246. The van der Waals surface area contributed by atoms with Crippen molar-refractivity contribution in [3.05, 3.63) is 0 Å². The number of hydrogen-bond acceptors (Lipinski definition) is 4. The van der Waals surface area contributed by atoms with Gasteiger partial charge in [0.25, 0.3) is 0 Å². The molecular weight excluding hydrogens is 280 g/mol. The van der Waals surface area contributed by atoms with Gasteiger partial charge in [-0.25, -0.2) is 12.7 Å². The van der Waals surface area contributed by atoms with Crippen LogP contribution in [0.1, 0.15) is 39.5 Å². The van der Waals surface area contributed by atoms with Crippen LogP contribution in [0.2, 0.25) is 0 Å². The quantitative estimate of drug-likeness (QED) is 0.740. The second-order valence-corrected chi connectivity index (χ2v) is 7.57. The molecule has 1 rings (SSSR count). The van der Waals surface area contributed by atoms with E-state index < -0.39 is 15.6 Å². The Balaban J connectivity index is 2.44. The van der Waals surface area contributed by atoms with Gasteiger partial charge >= 0.3 is 0 Å². The Morgan fingerprint density at radius 1 is 1.30 bits per heavy atom. The smallest absolute Gasteiger partial charge is 0.223 e. The van der Waals surface area contributed by atoms with Crippen molar-refractivity contribution in [1.29, 1.82) is 0 Å². The van der Waals surface area contributed by atoms with Gasteiger partial charge in [0, 0.05) is 25.6 Å². The van der Waals surface area contributed by atoms with Crippen LogP contribution < -0.4 is 5.32 Å². The van der Waals surface area contributed by atoms with Gasteiger partial charge in [-0.2, -0.15) is 0 Å². The maximum Gasteiger partial charge on any atom is 0.223 e. The van der Waals surface area contributed by atoms with Crippen molar-refractivity contribution in [2.45, 2.75) is 45.1 Å². The summed E-state index contributed by atoms with van der Waals surface area (Å²) >= 11 is 0. The van der Waals surface area contributed by atoms with Gasteiger partial charge in [-0.15, -0.1) is 0 Å². The molecule has 0 aliphatic carbocycles. The molecule has 6 nitrogen and oxygen atoms in total. The first kappa shape index (κ1) is 17.4. The van der Waals surface area contributed by atoms with E-state index in [0.717, 1.165) is 0 Å². The Bertz CT molecular complexity index is 424. The molecule has 20 heavy (non-hydrogen) atoms. The first-order valence-corrected chi connectivity index (χ1v) is 9.02. The number of carbonyl (C=O) groups excluding carboxylic acids is 1. The summed E-state index contributed by atoms with van der Waals surface area (Å²) in [4.78, 5) is 12.0. The van der Waals surface area contributed by atoms with Crippen molar-refractivity contribution in [3.8, 4) is 0 Å². The highest BCUT2D eigenvalue weighted by atomic mass is 32.2. The average Bonchev–Trinajstić information content (AvgIpc) is 2.43. The fourth-order valence-electron chi connectivity index (χ4n) is 2.35. The molecule has 0 bridgehead atoms. The van der Waals surface area contributed by atoms with Crippen molar-refractivity contribution in [3.63, 3.8) is 0 Å². The molecule has 0 atom stereocenters. The van der Waals surface area contributed by atoms with E-state index in [0.29, 0.717) is 38.8 Å². The second-order valence-electron chi connectivity index (χ2n) is 5.59. The zero-order chi connectivity index (χ0) is 15.4. The van der Waals surface area contributed by atoms with E-state index in [-0.39, 0.29) is 18.4 Å². The molecule has 0 spiro atoms. The van der Waals surface area contributed by atoms with Crippen LogP contribution in [0.3, 0.4) is 0 Å². The molecule has 1 fully saturated rings. The van der Waals surface area contributed by atoms with Crippen LogP contribution in [-0.2, 0) is 14.8 Å². The van der Waals surface area contributed by atoms with E-state index in [1.165, 1.54) is 10.6 Å². The third kappa shape index (κ3) is 4.71. The average molecular weight is 306 g/mol. The van der Waals surface area contributed by atoms with Gasteiger partial charge < -0.3 is 10.4 Å². The van der Waals surface area contributed by atoms with E-state index >= 15 is 0 Å². The summed E-state index contributed by atoms with van der Waals surface area (Å²) in [6.45, 7) is 4.82. The number of nitrogens with one attached hydrogen (secondary N) is 1. The summed E-state index contributed by atoms with van der Waals surface area (Å²) in [5, 5.41) is 12.9. The maximum atomic E-state index is 12.0. The zero-order valence-electron chi connectivity index (χ0n) is 12.6. The number of nitrogens with zero attached hydrogens (tertiary/aromatic N) is 1. The molecule has 0 aromatic rings. The Morgan fingerprint density at radius 2 is 1.80 bits per heavy atom. The van der Waals surface area contributed by atoms with Gasteiger partial charge in [0.15, 0.2) is 0 Å². The van der Waals surface area contributed by atoms with Crippen LogP contribution in [0.25, 0.3) is 0 Å². The summed E-state index contributed by atoms with van der Waals surface area (Å²) in [6, 6.07) is 0. The fraction of sp³-hybridized carbons (Fsp3) is 0.923. The number of carbonyl (C=O) groups is 1. The Labute approximate surface area is 121 Å². The molecule has 0 aromatic carbocycles. The van der Waals surface area contributed by atoms with E-state index in [4.69, 9.17) is 0 Å². The van der Waals surface area contributed by atoms with Crippen LogP contribution in [0.5, 0.6) is 0 Å². The van der Waals surface area contributed by atoms with Crippen LogP contribution in [-0.4, -0.2) is 55.2 Å². The monoisotopic (exact) mass is 306 g/mol. The minimum absolute atomic E-state index is 0.0847. The van der Waals surface area contributed by atoms with Crippen molar-refractivity contribution < 1.29 is 18.3 Å². The molecule has 2 N–H and O–H groups in total. The lowest BCUT2D eigenvalue weighted by Crippen LogP contribution is -2.47. The topological polar surface area (TPSA) is 86.7 Å². The normalized spacial score (nSPS) is 19.0. The predicted octanol–water partition coefficient (Wildman–Crippen LogP) is 0.325. The second kappa shape index (κ2) is 6.87. The van der Waals surface area contributed by atoms with Gasteiger partial charge in [-0.05, 0) is 25.7 Å². The molecule has 0 unspecified atom stereocenters. The predicted molar refractivity (Wildman–Crippen MR) is 77.7 cm³/mol. The lowest BCUT2D eigenvalue weighted by Gasteiger charge is -2.31. The number of rotatable bonds is 6. The zero-order valence-corrected chi connectivity index (χ0v) is 13.4. The molecule has 7 heteroatoms. The maximum absolute atomic E-state index is 12.0. The number of aliphatic hydroxyl groups is 1. The van der Waals surface area contributed by atoms with Gasteiger partial charge in [0.2, 0.25) is 15.9 Å². The Kier molecular flexibility index (Phi) is 5.97. The molecule has 1 amide bonds. The Morgan fingerprint density at radius 3 is 2.20 bits per heavy atom. The molecule has 0 aromatic heterocycles. The third-order valence-corrected chi connectivity index (χ3v) is 5.50. The molecule has 1 aliphatic heterocycles. The van der Waals surface area contributed by atoms with E-state index in [1.54, 1.807) is 0 Å². The highest BCUT2D eigenvalue weighted by Gasteiger charge is 2.30. The van der Waals surface area contributed by atoms with E-state index in [2.05, 4.69) is 5.32 Å². The Hall–Kier alpha value is -0.660. The molecule has 0 saturated carbocycles. The number of piperidine rings is 1. The van der Waals surface area contributed by atoms with Crippen LogP contribution in [0.4, 0.5) is 0 Å². The highest BCUT2D eigenvalue weighted by Crippen LogP contribution is 2.20. The van der Waals surface area contributed by atoms with Crippen LogP contribution in [0.15, 0.2) is 0 Å². The van der Waals surface area contributed by atoms with Gasteiger partial charge in [-0.3, -0.25) is 4.79 Å². The first-order valence-electron chi connectivity index (χ1n) is 7.17. The van der Waals surface area contributed by atoms with Crippen molar-refractivity contribution in [1.82, 2.24) is 9.62 Å². The highest BCUT2D eigenvalue weighted by molar-refractivity contribution is 7.88. The summed E-state index contributed by atoms with van der Waals surface area (Å²) in [7, 11) is -3.16. The first-order chi connectivity index (χ1) is 9.22. The van der Waals surface area contributed by atoms with Crippen LogP contribution in [0, 0.1) is 5.92 Å². The minimum Gasteiger partial charge on any atom is -0.388 e. The summed E-state index contributed by atoms with van der Waals surface area (Å²) in [6.07, 6.45) is 3.45. The largest absolute Gasteiger partial charge is 0.388 e. The summed E-state index contributed by atoms with van der Waals surface area (Å²) < 4.78 is 24.2. The van der Waals surface area contributed by atoms with Gasteiger partial charge in [0.05, 0.1) is 11.9 Å². The number of amides is 1. The SMILES string of the molecule is CCC(O)(CC)CNC(=O)C1CCN(S(C)(=O)=O)CC1. The van der Waals surface area contributed by atoms with E-state index in [9.17, 15) is 18.3 Å². The number of sulfonamides is 1. The van der Waals surface area contributed by atoms with Gasteiger partial charge in [-0.1, -0.05) is 13.8 Å². The van der Waals surface area contributed by atoms with E-state index in [1.807, 2.05) is 13.8 Å². The lowest BCUT2D eigenvalue weighted by molar-refractivity contribution is -0.127. The number of hydrogen-bond donors (Lipinski definition) is 2. The van der Waals surface area contributed by atoms with Crippen molar-refractivity contribution >= 4 is 15.9 Å². The van der Waals surface area contributed by atoms with Gasteiger partial charge in [0.1, 0.15) is 0 Å². The standard InChI is InChI=1S/C13H26N2O4S/c1-4-13(17,5-2)10-14-12(16)11-6-8-15(9-7-11)20(3,18)19/h11,17H,4-10H2,1-3H3,(H,14,16). The molecule has 1 aliphatic rings.